The van der Waals surface area contributed by atoms with Crippen LogP contribution in [0.3, 0.4) is 0 Å². The summed E-state index contributed by atoms with van der Waals surface area (Å²) in [7, 11) is 0. The Labute approximate surface area is 161 Å². The van der Waals surface area contributed by atoms with Gasteiger partial charge in [-0.05, 0) is 29.8 Å². The first kappa shape index (κ1) is 19.7. The number of halogens is 3. The summed E-state index contributed by atoms with van der Waals surface area (Å²) >= 11 is 0.936. The molecule has 3 rings (SSSR count). The Balaban J connectivity index is 1.65. The highest BCUT2D eigenvalue weighted by atomic mass is 32.2. The number of aromatic nitrogens is 2. The number of carbonyl (C=O) groups excluding carboxylic acids is 1. The summed E-state index contributed by atoms with van der Waals surface area (Å²) in [6, 6.07) is 10.5. The van der Waals surface area contributed by atoms with Crippen molar-refractivity contribution in [2.24, 2.45) is 0 Å². The van der Waals surface area contributed by atoms with Gasteiger partial charge in [0.25, 0.3) is 11.5 Å². The van der Waals surface area contributed by atoms with Crippen LogP contribution in [0.1, 0.15) is 27.4 Å². The number of alkyl halides is 3. The largest absolute Gasteiger partial charge is 0.467 e. The Kier molecular flexibility index (Phi) is 5.88. The van der Waals surface area contributed by atoms with Crippen LogP contribution in [-0.2, 0) is 18.5 Å². The average Bonchev–Trinajstić information content (AvgIpc) is 3.17. The van der Waals surface area contributed by atoms with Crippen molar-refractivity contribution in [1.82, 2.24) is 15.3 Å². The number of furan rings is 1. The van der Waals surface area contributed by atoms with E-state index in [-0.39, 0.29) is 23.4 Å². The number of H-pyrrole nitrogens is 1. The smallest absolute Gasteiger partial charge is 0.433 e. The second-order valence-corrected chi connectivity index (χ2v) is 6.65. The van der Waals surface area contributed by atoms with Crippen molar-refractivity contribution in [2.75, 3.05) is 0 Å². The lowest BCUT2D eigenvalue weighted by Crippen LogP contribution is -2.22. The molecule has 6 nitrogen and oxygen atoms in total. The molecule has 3 aromatic rings. The number of rotatable bonds is 6. The molecule has 2 heterocycles. The number of nitrogens with zero attached hydrogens (tertiary/aromatic N) is 1. The van der Waals surface area contributed by atoms with Gasteiger partial charge in [0.2, 0.25) is 0 Å². The third kappa shape index (κ3) is 5.26. The van der Waals surface area contributed by atoms with Crippen molar-refractivity contribution < 1.29 is 22.4 Å². The molecular formula is C18H14F3N3O3S. The number of benzene rings is 1. The van der Waals surface area contributed by atoms with E-state index in [4.69, 9.17) is 4.42 Å². The molecule has 0 bridgehead atoms. The van der Waals surface area contributed by atoms with Crippen molar-refractivity contribution in [3.8, 4) is 0 Å². The summed E-state index contributed by atoms with van der Waals surface area (Å²) in [5.41, 5.74) is -1.04. The summed E-state index contributed by atoms with van der Waals surface area (Å²) in [4.78, 5) is 29.3. The molecule has 146 valence electrons. The van der Waals surface area contributed by atoms with Gasteiger partial charge in [-0.15, -0.1) is 0 Å². The van der Waals surface area contributed by atoms with Crippen LogP contribution in [-0.4, -0.2) is 15.9 Å². The van der Waals surface area contributed by atoms with E-state index in [1.807, 2.05) is 0 Å². The summed E-state index contributed by atoms with van der Waals surface area (Å²) in [5.74, 6) is 0.525. The normalized spacial score (nSPS) is 11.4. The molecule has 0 aliphatic rings. The predicted octanol–water partition coefficient (Wildman–Crippen LogP) is 3.60. The monoisotopic (exact) mass is 409 g/mol. The molecule has 10 heteroatoms. The van der Waals surface area contributed by atoms with Crippen molar-refractivity contribution >= 4 is 17.7 Å². The maximum Gasteiger partial charge on any atom is 0.433 e. The quantitative estimate of drug-likeness (QED) is 0.480. The Hall–Kier alpha value is -3.01. The number of carbonyl (C=O) groups is 1. The zero-order valence-corrected chi connectivity index (χ0v) is 15.1. The van der Waals surface area contributed by atoms with Gasteiger partial charge in [0.15, 0.2) is 10.9 Å². The van der Waals surface area contributed by atoms with Crippen molar-refractivity contribution in [2.45, 2.75) is 23.6 Å². The van der Waals surface area contributed by atoms with E-state index in [1.54, 1.807) is 36.4 Å². The van der Waals surface area contributed by atoms with E-state index in [1.165, 1.54) is 6.26 Å². The number of thioether (sulfide) groups is 1. The standard InChI is InChI=1S/C18H14F3N3O3S/c19-18(20,21)14-8-15(25)24-17(23-14)28-10-11-3-1-4-12(7-11)16(26)22-9-13-5-2-6-27-13/h1-8H,9-10H2,(H,22,26)(H,23,24,25). The third-order valence-corrected chi connectivity index (χ3v) is 4.52. The molecule has 0 aliphatic carbocycles. The second-order valence-electron chi connectivity index (χ2n) is 5.68. The van der Waals surface area contributed by atoms with Gasteiger partial charge in [0.05, 0.1) is 12.8 Å². The van der Waals surface area contributed by atoms with Crippen LogP contribution in [0, 0.1) is 0 Å². The Morgan fingerprint density at radius 1 is 1.21 bits per heavy atom. The van der Waals surface area contributed by atoms with Gasteiger partial charge in [-0.2, -0.15) is 13.2 Å². The molecular weight excluding hydrogens is 395 g/mol. The van der Waals surface area contributed by atoms with Crippen molar-refractivity contribution in [3.63, 3.8) is 0 Å². The van der Waals surface area contributed by atoms with Crippen LogP contribution in [0.15, 0.2) is 63.1 Å². The molecule has 0 saturated carbocycles. The van der Waals surface area contributed by atoms with Crippen LogP contribution in [0.25, 0.3) is 0 Å². The van der Waals surface area contributed by atoms with E-state index in [9.17, 15) is 22.8 Å². The fraction of sp³-hybridized carbons (Fsp3) is 0.167. The highest BCUT2D eigenvalue weighted by molar-refractivity contribution is 7.98. The average molecular weight is 409 g/mol. The molecule has 2 aromatic heterocycles. The topological polar surface area (TPSA) is 88.0 Å². The van der Waals surface area contributed by atoms with E-state index < -0.39 is 17.4 Å². The molecule has 0 spiro atoms. The number of aromatic amines is 1. The zero-order chi connectivity index (χ0) is 20.1. The molecule has 0 atom stereocenters. The molecule has 0 aliphatic heterocycles. The van der Waals surface area contributed by atoms with Gasteiger partial charge < -0.3 is 14.7 Å². The second kappa shape index (κ2) is 8.34. The van der Waals surface area contributed by atoms with E-state index >= 15 is 0 Å². The Morgan fingerprint density at radius 3 is 2.75 bits per heavy atom. The lowest BCUT2D eigenvalue weighted by Gasteiger charge is -2.08. The molecule has 0 fully saturated rings. The van der Waals surface area contributed by atoms with Gasteiger partial charge in [0, 0.05) is 17.4 Å². The zero-order valence-electron chi connectivity index (χ0n) is 14.2. The summed E-state index contributed by atoms with van der Waals surface area (Å²) in [6.07, 6.45) is -3.19. The van der Waals surface area contributed by atoms with Gasteiger partial charge >= 0.3 is 6.18 Å². The molecule has 28 heavy (non-hydrogen) atoms. The number of hydrogen-bond acceptors (Lipinski definition) is 5. The van der Waals surface area contributed by atoms with Gasteiger partial charge in [-0.25, -0.2) is 4.98 Å². The summed E-state index contributed by atoms with van der Waals surface area (Å²) in [5, 5.41) is 2.56. The number of hydrogen-bond donors (Lipinski definition) is 2. The van der Waals surface area contributed by atoms with Crippen LogP contribution in [0.5, 0.6) is 0 Å². The number of amides is 1. The molecule has 0 unspecified atom stereocenters. The highest BCUT2D eigenvalue weighted by Crippen LogP contribution is 2.28. The van der Waals surface area contributed by atoms with Crippen molar-refractivity contribution in [3.05, 3.63) is 81.7 Å². The minimum Gasteiger partial charge on any atom is -0.467 e. The van der Waals surface area contributed by atoms with Gasteiger partial charge in [-0.1, -0.05) is 23.9 Å². The van der Waals surface area contributed by atoms with Crippen molar-refractivity contribution in [1.29, 1.82) is 0 Å². The Bertz CT molecular complexity index is 1020. The lowest BCUT2D eigenvalue weighted by atomic mass is 10.1. The number of nitrogens with one attached hydrogen (secondary N) is 2. The minimum atomic E-state index is -4.70. The molecule has 1 amide bonds. The fourth-order valence-corrected chi connectivity index (χ4v) is 3.10. The molecule has 1 aromatic carbocycles. The maximum absolute atomic E-state index is 12.8. The third-order valence-electron chi connectivity index (χ3n) is 3.58. The van der Waals surface area contributed by atoms with Crippen LogP contribution >= 0.6 is 11.8 Å². The first-order valence-electron chi connectivity index (χ1n) is 8.02. The lowest BCUT2D eigenvalue weighted by molar-refractivity contribution is -0.141. The van der Waals surface area contributed by atoms with E-state index in [2.05, 4.69) is 15.3 Å². The van der Waals surface area contributed by atoms with Gasteiger partial charge in [-0.3, -0.25) is 9.59 Å². The molecule has 2 N–H and O–H groups in total. The predicted molar refractivity (Wildman–Crippen MR) is 95.7 cm³/mol. The van der Waals surface area contributed by atoms with Gasteiger partial charge in [0.1, 0.15) is 5.76 Å². The molecule has 0 radical (unpaired) electrons. The fourth-order valence-electron chi connectivity index (χ4n) is 2.29. The summed E-state index contributed by atoms with van der Waals surface area (Å²) in [6.45, 7) is 0.236. The first-order chi connectivity index (χ1) is 13.3. The van der Waals surface area contributed by atoms with Crippen LogP contribution < -0.4 is 10.9 Å². The summed E-state index contributed by atoms with van der Waals surface area (Å²) < 4.78 is 43.4. The van der Waals surface area contributed by atoms with E-state index in [0.29, 0.717) is 23.0 Å². The van der Waals surface area contributed by atoms with Crippen LogP contribution in [0.4, 0.5) is 13.2 Å². The minimum absolute atomic E-state index is 0.146. The van der Waals surface area contributed by atoms with E-state index in [0.717, 1.165) is 11.8 Å². The first-order valence-corrected chi connectivity index (χ1v) is 9.01. The van der Waals surface area contributed by atoms with Crippen LogP contribution in [0.2, 0.25) is 0 Å². The molecule has 0 saturated heterocycles. The maximum atomic E-state index is 12.8. The highest BCUT2D eigenvalue weighted by Gasteiger charge is 2.33. The Morgan fingerprint density at radius 2 is 2.04 bits per heavy atom. The SMILES string of the molecule is O=C(NCc1ccco1)c1cccc(CSc2nc(C(F)(F)F)cc(=O)[nH]2)c1.